The molecule has 0 unspecified atom stereocenters. The Labute approximate surface area is 102 Å². The van der Waals surface area contributed by atoms with Crippen LogP contribution in [-0.2, 0) is 0 Å². The molecule has 0 aliphatic carbocycles. The molecule has 0 saturated carbocycles. The summed E-state index contributed by atoms with van der Waals surface area (Å²) in [6.45, 7) is 0. The Morgan fingerprint density at radius 3 is 2.39 bits per heavy atom. The molecule has 0 amide bonds. The fourth-order valence-corrected chi connectivity index (χ4v) is 1.85. The number of nitrogens with zero attached hydrogens (tertiary/aromatic N) is 1. The van der Waals surface area contributed by atoms with Crippen molar-refractivity contribution in [3.8, 4) is 28.6 Å². The van der Waals surface area contributed by atoms with E-state index in [1.165, 1.54) is 12.1 Å². The average Bonchev–Trinajstić information content (AvgIpc) is 2.71. The largest absolute Gasteiger partial charge is 0.508 e. The first-order valence-electron chi connectivity index (χ1n) is 5.34. The van der Waals surface area contributed by atoms with E-state index in [9.17, 15) is 15.3 Å². The second kappa shape index (κ2) is 3.66. The number of aromatic nitrogens is 2. The van der Waals surface area contributed by atoms with Crippen LogP contribution in [0, 0.1) is 0 Å². The van der Waals surface area contributed by atoms with Gasteiger partial charge >= 0.3 is 0 Å². The van der Waals surface area contributed by atoms with Crippen LogP contribution in [-0.4, -0.2) is 25.3 Å². The van der Waals surface area contributed by atoms with E-state index in [2.05, 4.69) is 9.97 Å². The lowest BCUT2D eigenvalue weighted by Gasteiger charge is -2.00. The van der Waals surface area contributed by atoms with Gasteiger partial charge in [0.1, 0.15) is 23.1 Å². The molecule has 0 aliphatic heterocycles. The minimum atomic E-state index is -0.0571. The van der Waals surface area contributed by atoms with Crippen molar-refractivity contribution in [2.75, 3.05) is 0 Å². The van der Waals surface area contributed by atoms with Gasteiger partial charge in [0, 0.05) is 12.1 Å². The van der Waals surface area contributed by atoms with E-state index in [0.29, 0.717) is 22.4 Å². The van der Waals surface area contributed by atoms with Gasteiger partial charge in [0.15, 0.2) is 0 Å². The van der Waals surface area contributed by atoms with E-state index >= 15 is 0 Å². The molecule has 5 nitrogen and oxygen atoms in total. The van der Waals surface area contributed by atoms with Gasteiger partial charge in [0.25, 0.3) is 0 Å². The SMILES string of the molecule is Oc1ccc(-c2nc3ccc(O)cc3[nH]2)c(O)c1. The van der Waals surface area contributed by atoms with Gasteiger partial charge in [0.05, 0.1) is 16.6 Å². The summed E-state index contributed by atoms with van der Waals surface area (Å²) >= 11 is 0. The standard InChI is InChI=1S/C13H10N2O3/c16-7-2-4-10-11(5-7)15-13(14-10)9-3-1-8(17)6-12(9)18/h1-6,16-18H,(H,14,15). The van der Waals surface area contributed by atoms with Crippen LogP contribution in [0.15, 0.2) is 36.4 Å². The van der Waals surface area contributed by atoms with Crippen molar-refractivity contribution in [1.82, 2.24) is 9.97 Å². The molecule has 4 N–H and O–H groups in total. The third-order valence-corrected chi connectivity index (χ3v) is 2.70. The van der Waals surface area contributed by atoms with Crippen molar-refractivity contribution in [3.63, 3.8) is 0 Å². The van der Waals surface area contributed by atoms with Crippen molar-refractivity contribution < 1.29 is 15.3 Å². The van der Waals surface area contributed by atoms with Gasteiger partial charge in [-0.1, -0.05) is 0 Å². The number of hydrogen-bond donors (Lipinski definition) is 4. The third-order valence-electron chi connectivity index (χ3n) is 2.70. The second-order valence-electron chi connectivity index (χ2n) is 3.99. The summed E-state index contributed by atoms with van der Waals surface area (Å²) in [6, 6.07) is 9.08. The molecule has 5 heteroatoms. The molecule has 0 aliphatic rings. The van der Waals surface area contributed by atoms with Crippen LogP contribution in [0.5, 0.6) is 17.2 Å². The number of aromatic hydroxyl groups is 3. The number of aromatic amines is 1. The summed E-state index contributed by atoms with van der Waals surface area (Å²) < 4.78 is 0. The molecule has 0 atom stereocenters. The van der Waals surface area contributed by atoms with E-state index in [0.717, 1.165) is 0 Å². The van der Waals surface area contributed by atoms with Crippen LogP contribution >= 0.6 is 0 Å². The van der Waals surface area contributed by atoms with Crippen molar-refractivity contribution in [2.45, 2.75) is 0 Å². The molecule has 0 spiro atoms. The van der Waals surface area contributed by atoms with Crippen LogP contribution in [0.2, 0.25) is 0 Å². The predicted octanol–water partition coefficient (Wildman–Crippen LogP) is 2.35. The van der Waals surface area contributed by atoms with E-state index in [1.54, 1.807) is 24.3 Å². The van der Waals surface area contributed by atoms with Crippen molar-refractivity contribution in [3.05, 3.63) is 36.4 Å². The quantitative estimate of drug-likeness (QED) is 0.527. The number of phenolic OH excluding ortho intramolecular Hbond substituents is 3. The fraction of sp³-hybridized carbons (Fsp3) is 0. The van der Waals surface area contributed by atoms with E-state index in [4.69, 9.17) is 0 Å². The van der Waals surface area contributed by atoms with Gasteiger partial charge in [-0.3, -0.25) is 0 Å². The number of fused-ring (bicyclic) bond motifs is 1. The predicted molar refractivity (Wildman–Crippen MR) is 66.5 cm³/mol. The molecule has 3 aromatic rings. The molecular formula is C13H10N2O3. The number of H-pyrrole nitrogens is 1. The van der Waals surface area contributed by atoms with Gasteiger partial charge in [-0.25, -0.2) is 4.98 Å². The normalized spacial score (nSPS) is 10.9. The topological polar surface area (TPSA) is 89.4 Å². The summed E-state index contributed by atoms with van der Waals surface area (Å²) in [6.07, 6.45) is 0. The highest BCUT2D eigenvalue weighted by molar-refractivity contribution is 5.81. The maximum Gasteiger partial charge on any atom is 0.142 e. The van der Waals surface area contributed by atoms with Gasteiger partial charge < -0.3 is 20.3 Å². The summed E-state index contributed by atoms with van der Waals surface area (Å²) in [5.74, 6) is 0.559. The number of imidazole rings is 1. The van der Waals surface area contributed by atoms with Gasteiger partial charge in [-0.2, -0.15) is 0 Å². The van der Waals surface area contributed by atoms with Gasteiger partial charge in [0.2, 0.25) is 0 Å². The molecule has 1 aromatic heterocycles. The molecule has 90 valence electrons. The summed E-state index contributed by atoms with van der Waals surface area (Å²) in [5, 5.41) is 28.4. The maximum atomic E-state index is 9.76. The van der Waals surface area contributed by atoms with Crippen LogP contribution < -0.4 is 0 Å². The zero-order chi connectivity index (χ0) is 12.7. The zero-order valence-corrected chi connectivity index (χ0v) is 9.25. The zero-order valence-electron chi connectivity index (χ0n) is 9.25. The number of rotatable bonds is 1. The Morgan fingerprint density at radius 2 is 1.61 bits per heavy atom. The summed E-state index contributed by atoms with van der Waals surface area (Å²) in [7, 11) is 0. The minimum absolute atomic E-state index is 0.00925. The molecule has 2 aromatic carbocycles. The second-order valence-corrected chi connectivity index (χ2v) is 3.99. The molecular weight excluding hydrogens is 232 g/mol. The highest BCUT2D eigenvalue weighted by Crippen LogP contribution is 2.31. The summed E-state index contributed by atoms with van der Waals surface area (Å²) in [4.78, 5) is 7.31. The Kier molecular flexibility index (Phi) is 2.13. The minimum Gasteiger partial charge on any atom is -0.508 e. The smallest absolute Gasteiger partial charge is 0.142 e. The van der Waals surface area contributed by atoms with Crippen molar-refractivity contribution in [1.29, 1.82) is 0 Å². The average molecular weight is 242 g/mol. The van der Waals surface area contributed by atoms with Crippen molar-refractivity contribution in [2.24, 2.45) is 0 Å². The van der Waals surface area contributed by atoms with Crippen LogP contribution in [0.3, 0.4) is 0 Å². The lowest BCUT2D eigenvalue weighted by molar-refractivity contribution is 0.451. The van der Waals surface area contributed by atoms with Gasteiger partial charge in [-0.05, 0) is 24.3 Å². The maximum absolute atomic E-state index is 9.76. The summed E-state index contributed by atoms with van der Waals surface area (Å²) in [5.41, 5.74) is 1.86. The van der Waals surface area contributed by atoms with Crippen LogP contribution in [0.25, 0.3) is 22.4 Å². The fourth-order valence-electron chi connectivity index (χ4n) is 1.85. The van der Waals surface area contributed by atoms with E-state index < -0.39 is 0 Å². The Hall–Kier alpha value is -2.69. The Morgan fingerprint density at radius 1 is 0.889 bits per heavy atom. The van der Waals surface area contributed by atoms with E-state index in [1.807, 2.05) is 0 Å². The first kappa shape index (κ1) is 10.5. The van der Waals surface area contributed by atoms with Crippen LogP contribution in [0.4, 0.5) is 0 Å². The molecule has 0 radical (unpaired) electrons. The first-order valence-corrected chi connectivity index (χ1v) is 5.34. The number of phenols is 3. The Bertz CT molecular complexity index is 734. The molecule has 1 heterocycles. The molecule has 0 saturated heterocycles. The Balaban J connectivity index is 2.19. The highest BCUT2D eigenvalue weighted by atomic mass is 16.3. The number of benzene rings is 2. The lowest BCUT2D eigenvalue weighted by atomic mass is 10.2. The number of nitrogens with one attached hydrogen (secondary N) is 1. The third kappa shape index (κ3) is 1.62. The molecule has 0 fully saturated rings. The first-order chi connectivity index (χ1) is 8.63. The number of hydrogen-bond acceptors (Lipinski definition) is 4. The van der Waals surface area contributed by atoms with Crippen LogP contribution in [0.1, 0.15) is 0 Å². The van der Waals surface area contributed by atoms with E-state index in [-0.39, 0.29) is 17.2 Å². The van der Waals surface area contributed by atoms with Crippen molar-refractivity contribution >= 4 is 11.0 Å². The molecule has 3 rings (SSSR count). The highest BCUT2D eigenvalue weighted by Gasteiger charge is 2.10. The van der Waals surface area contributed by atoms with Gasteiger partial charge in [-0.15, -0.1) is 0 Å². The molecule has 18 heavy (non-hydrogen) atoms. The monoisotopic (exact) mass is 242 g/mol. The molecule has 0 bridgehead atoms. The lowest BCUT2D eigenvalue weighted by Crippen LogP contribution is -1.81.